The van der Waals surface area contributed by atoms with E-state index < -0.39 is 0 Å². The van der Waals surface area contributed by atoms with Crippen LogP contribution in [0.25, 0.3) is 11.0 Å². The van der Waals surface area contributed by atoms with Crippen LogP contribution in [0.1, 0.15) is 15.9 Å². The number of aryl methyl sites for hydroxylation is 1. The molecule has 0 radical (unpaired) electrons. The summed E-state index contributed by atoms with van der Waals surface area (Å²) in [6.45, 7) is 2.01. The quantitative estimate of drug-likeness (QED) is 0.503. The van der Waals surface area contributed by atoms with Crippen molar-refractivity contribution in [3.05, 3.63) is 59.7 Å². The number of fused-ring (bicyclic) bond motifs is 1. The van der Waals surface area contributed by atoms with Crippen LogP contribution in [0.3, 0.4) is 0 Å². The van der Waals surface area contributed by atoms with E-state index in [0.29, 0.717) is 10.7 Å². The molecule has 0 atom stereocenters. The topological polar surface area (TPSA) is 86.9 Å². The summed E-state index contributed by atoms with van der Waals surface area (Å²) in [5, 5.41) is 0.667. The second-order valence-electron chi connectivity index (χ2n) is 5.22. The van der Waals surface area contributed by atoms with Gasteiger partial charge in [0.1, 0.15) is 0 Å². The van der Waals surface area contributed by atoms with Gasteiger partial charge in [0.15, 0.2) is 5.16 Å². The summed E-state index contributed by atoms with van der Waals surface area (Å²) in [4.78, 5) is 31.2. The SMILES string of the molecule is Cc1ccc2nc(SCC(=O)NNC(=O)c3ccccc3)[nH]c2c1. The van der Waals surface area contributed by atoms with E-state index in [1.54, 1.807) is 24.3 Å². The number of thioether (sulfide) groups is 1. The van der Waals surface area contributed by atoms with E-state index in [4.69, 9.17) is 0 Å². The molecule has 0 aliphatic rings. The fourth-order valence-corrected chi connectivity index (χ4v) is 2.81. The molecule has 0 spiro atoms. The van der Waals surface area contributed by atoms with Crippen LogP contribution in [0.5, 0.6) is 0 Å². The molecule has 1 heterocycles. The molecule has 0 unspecified atom stereocenters. The fourth-order valence-electron chi connectivity index (χ4n) is 2.13. The number of amides is 2. The Balaban J connectivity index is 1.50. The summed E-state index contributed by atoms with van der Waals surface area (Å²) in [7, 11) is 0. The first kappa shape index (κ1) is 16.1. The molecular formula is C17H16N4O2S. The molecule has 0 bridgehead atoms. The lowest BCUT2D eigenvalue weighted by atomic mass is 10.2. The molecule has 0 saturated carbocycles. The van der Waals surface area contributed by atoms with Gasteiger partial charge < -0.3 is 4.98 Å². The normalized spacial score (nSPS) is 10.5. The Kier molecular flexibility index (Phi) is 4.81. The van der Waals surface area contributed by atoms with Crippen molar-refractivity contribution in [3.63, 3.8) is 0 Å². The zero-order valence-electron chi connectivity index (χ0n) is 13.0. The van der Waals surface area contributed by atoms with Crippen LogP contribution < -0.4 is 10.9 Å². The number of rotatable bonds is 4. The summed E-state index contributed by atoms with van der Waals surface area (Å²) >= 11 is 1.28. The van der Waals surface area contributed by atoms with Gasteiger partial charge in [-0.1, -0.05) is 36.0 Å². The van der Waals surface area contributed by atoms with Crippen LogP contribution in [0.15, 0.2) is 53.7 Å². The molecule has 7 heteroatoms. The van der Waals surface area contributed by atoms with Crippen molar-refractivity contribution in [3.8, 4) is 0 Å². The number of H-pyrrole nitrogens is 1. The van der Waals surface area contributed by atoms with Gasteiger partial charge in [0.2, 0.25) is 5.91 Å². The molecule has 0 saturated heterocycles. The molecule has 122 valence electrons. The van der Waals surface area contributed by atoms with Crippen LogP contribution >= 0.6 is 11.8 Å². The lowest BCUT2D eigenvalue weighted by Gasteiger charge is -2.06. The van der Waals surface area contributed by atoms with Crippen molar-refractivity contribution in [2.24, 2.45) is 0 Å². The molecule has 0 aliphatic carbocycles. The van der Waals surface area contributed by atoms with Gasteiger partial charge in [-0.25, -0.2) is 4.98 Å². The number of benzene rings is 2. The van der Waals surface area contributed by atoms with Crippen molar-refractivity contribution in [1.29, 1.82) is 0 Å². The van der Waals surface area contributed by atoms with Crippen molar-refractivity contribution in [2.45, 2.75) is 12.1 Å². The summed E-state index contributed by atoms with van der Waals surface area (Å²) < 4.78 is 0. The summed E-state index contributed by atoms with van der Waals surface area (Å²) in [5.41, 5.74) is 8.21. The third-order valence-corrected chi connectivity index (χ3v) is 4.18. The number of aromatic amines is 1. The molecule has 1 aromatic heterocycles. The van der Waals surface area contributed by atoms with E-state index in [1.807, 2.05) is 31.2 Å². The highest BCUT2D eigenvalue weighted by molar-refractivity contribution is 7.99. The zero-order valence-corrected chi connectivity index (χ0v) is 13.8. The highest BCUT2D eigenvalue weighted by Gasteiger charge is 2.09. The van der Waals surface area contributed by atoms with Gasteiger partial charge in [-0.15, -0.1) is 0 Å². The van der Waals surface area contributed by atoms with Gasteiger partial charge in [-0.05, 0) is 36.8 Å². The Morgan fingerprint density at radius 1 is 1.12 bits per heavy atom. The molecule has 6 nitrogen and oxygen atoms in total. The first-order valence-electron chi connectivity index (χ1n) is 7.35. The molecule has 3 N–H and O–H groups in total. The van der Waals surface area contributed by atoms with Crippen molar-refractivity contribution >= 4 is 34.6 Å². The number of nitrogens with one attached hydrogen (secondary N) is 3. The van der Waals surface area contributed by atoms with Crippen molar-refractivity contribution in [1.82, 2.24) is 20.8 Å². The lowest BCUT2D eigenvalue weighted by molar-refractivity contribution is -0.119. The van der Waals surface area contributed by atoms with Gasteiger partial charge in [-0.3, -0.25) is 20.4 Å². The Labute approximate surface area is 143 Å². The lowest BCUT2D eigenvalue weighted by Crippen LogP contribution is -2.42. The summed E-state index contributed by atoms with van der Waals surface area (Å²) in [5.74, 6) is -0.512. The van der Waals surface area contributed by atoms with E-state index in [2.05, 4.69) is 20.8 Å². The Morgan fingerprint density at radius 2 is 1.92 bits per heavy atom. The van der Waals surface area contributed by atoms with Gasteiger partial charge in [0.05, 0.1) is 16.8 Å². The molecule has 24 heavy (non-hydrogen) atoms. The number of imidazole rings is 1. The highest BCUT2D eigenvalue weighted by Crippen LogP contribution is 2.19. The number of nitrogens with zero attached hydrogens (tertiary/aromatic N) is 1. The van der Waals surface area contributed by atoms with Crippen LogP contribution in [0.4, 0.5) is 0 Å². The van der Waals surface area contributed by atoms with E-state index in [0.717, 1.165) is 16.6 Å². The Morgan fingerprint density at radius 3 is 2.71 bits per heavy atom. The third-order valence-electron chi connectivity index (χ3n) is 3.31. The number of carbonyl (C=O) groups is 2. The highest BCUT2D eigenvalue weighted by atomic mass is 32.2. The Bertz CT molecular complexity index is 877. The monoisotopic (exact) mass is 340 g/mol. The minimum absolute atomic E-state index is 0.147. The van der Waals surface area contributed by atoms with Crippen LogP contribution in [0.2, 0.25) is 0 Å². The predicted octanol–water partition coefficient (Wildman–Crippen LogP) is 2.42. The molecule has 3 rings (SSSR count). The first-order valence-corrected chi connectivity index (χ1v) is 8.34. The third kappa shape index (κ3) is 3.94. The molecule has 2 aromatic carbocycles. The average molecular weight is 340 g/mol. The fraction of sp³-hybridized carbons (Fsp3) is 0.118. The maximum atomic E-state index is 11.8. The average Bonchev–Trinajstić information content (AvgIpc) is 3.00. The summed E-state index contributed by atoms with van der Waals surface area (Å²) in [6, 6.07) is 14.6. The van der Waals surface area contributed by atoms with Crippen LogP contribution in [0, 0.1) is 6.92 Å². The minimum atomic E-state index is -0.354. The number of aromatic nitrogens is 2. The molecular weight excluding hydrogens is 324 g/mol. The van der Waals surface area contributed by atoms with Gasteiger partial charge >= 0.3 is 0 Å². The van der Waals surface area contributed by atoms with E-state index >= 15 is 0 Å². The maximum absolute atomic E-state index is 11.8. The number of hydrogen-bond donors (Lipinski definition) is 3. The van der Waals surface area contributed by atoms with Crippen molar-refractivity contribution < 1.29 is 9.59 Å². The van der Waals surface area contributed by atoms with Crippen molar-refractivity contribution in [2.75, 3.05) is 5.75 Å². The second kappa shape index (κ2) is 7.18. The zero-order chi connectivity index (χ0) is 16.9. The summed E-state index contributed by atoms with van der Waals surface area (Å²) in [6.07, 6.45) is 0. The van der Waals surface area contributed by atoms with Gasteiger partial charge in [-0.2, -0.15) is 0 Å². The largest absolute Gasteiger partial charge is 0.333 e. The minimum Gasteiger partial charge on any atom is -0.333 e. The van der Waals surface area contributed by atoms with E-state index in [1.165, 1.54) is 11.8 Å². The van der Waals surface area contributed by atoms with E-state index in [9.17, 15) is 9.59 Å². The predicted molar refractivity (Wildman–Crippen MR) is 93.6 cm³/mol. The first-order chi connectivity index (χ1) is 11.6. The van der Waals surface area contributed by atoms with Gasteiger partial charge in [0.25, 0.3) is 5.91 Å². The maximum Gasteiger partial charge on any atom is 0.269 e. The van der Waals surface area contributed by atoms with E-state index in [-0.39, 0.29) is 17.6 Å². The molecule has 2 amide bonds. The molecule has 0 aliphatic heterocycles. The number of hydrazine groups is 1. The number of hydrogen-bond acceptors (Lipinski definition) is 4. The van der Waals surface area contributed by atoms with Crippen LogP contribution in [-0.2, 0) is 4.79 Å². The molecule has 0 fully saturated rings. The second-order valence-corrected chi connectivity index (χ2v) is 6.18. The Hall–Kier alpha value is -2.80. The standard InChI is InChI=1S/C17H16N4O2S/c1-11-7-8-13-14(9-11)19-17(18-13)24-10-15(22)20-21-16(23)12-5-3-2-4-6-12/h2-9H,10H2,1H3,(H,18,19)(H,20,22)(H,21,23). The number of carbonyl (C=O) groups excluding carboxylic acids is 2. The smallest absolute Gasteiger partial charge is 0.269 e. The van der Waals surface area contributed by atoms with Gasteiger partial charge in [0, 0.05) is 5.56 Å². The van der Waals surface area contributed by atoms with Crippen LogP contribution in [-0.4, -0.2) is 27.5 Å². The molecule has 3 aromatic rings.